The first kappa shape index (κ1) is 16.6. The Balaban J connectivity index is 1.68. The van der Waals surface area contributed by atoms with Crippen LogP contribution in [-0.4, -0.2) is 24.0 Å². The maximum atomic E-state index is 15.2. The highest BCUT2D eigenvalue weighted by atomic mass is 19.1. The summed E-state index contributed by atoms with van der Waals surface area (Å²) in [6.45, 7) is 1.90. The number of pyridine rings is 1. The zero-order chi connectivity index (χ0) is 17.2. The number of carbonyl (C=O) groups is 1. The molecule has 1 aromatic carbocycles. The molecule has 1 aliphatic carbocycles. The summed E-state index contributed by atoms with van der Waals surface area (Å²) in [7, 11) is 1.45. The van der Waals surface area contributed by atoms with Gasteiger partial charge in [-0.05, 0) is 18.6 Å². The second-order valence-electron chi connectivity index (χ2n) is 6.13. The highest BCUT2D eigenvalue weighted by Crippen LogP contribution is 2.49. The van der Waals surface area contributed by atoms with Crippen molar-refractivity contribution in [3.05, 3.63) is 59.3 Å². The first-order chi connectivity index (χ1) is 11.5. The Morgan fingerprint density at radius 1 is 1.33 bits per heavy atom. The van der Waals surface area contributed by atoms with E-state index in [1.807, 2.05) is 30.3 Å². The second kappa shape index (κ2) is 6.69. The number of rotatable bonds is 6. The molecule has 5 heteroatoms. The quantitative estimate of drug-likeness (QED) is 0.756. The van der Waals surface area contributed by atoms with Crippen LogP contribution < -0.4 is 4.74 Å². The van der Waals surface area contributed by atoms with Gasteiger partial charge in [-0.15, -0.1) is 0 Å². The van der Waals surface area contributed by atoms with Gasteiger partial charge >= 0.3 is 0 Å². The minimum atomic E-state index is -1.56. The molecular formula is C19H20FNO3. The van der Waals surface area contributed by atoms with Crippen molar-refractivity contribution in [2.45, 2.75) is 38.1 Å². The summed E-state index contributed by atoms with van der Waals surface area (Å²) >= 11 is 0. The highest BCUT2D eigenvalue weighted by molar-refractivity contribution is 5.94. The molecule has 1 fully saturated rings. The van der Waals surface area contributed by atoms with E-state index in [4.69, 9.17) is 9.47 Å². The van der Waals surface area contributed by atoms with Gasteiger partial charge in [0.2, 0.25) is 5.88 Å². The second-order valence-corrected chi connectivity index (χ2v) is 6.13. The molecule has 1 heterocycles. The van der Waals surface area contributed by atoms with Gasteiger partial charge in [0.15, 0.2) is 5.78 Å². The monoisotopic (exact) mass is 329 g/mol. The largest absolute Gasteiger partial charge is 0.481 e. The van der Waals surface area contributed by atoms with Crippen molar-refractivity contribution in [2.75, 3.05) is 7.11 Å². The van der Waals surface area contributed by atoms with Gasteiger partial charge in [0.05, 0.1) is 25.4 Å². The maximum absolute atomic E-state index is 15.2. The SMILES string of the molecule is COc1ncc(C(C)=O)cc1C1(F)CC(OCc2ccccc2)C1. The van der Waals surface area contributed by atoms with E-state index in [9.17, 15) is 4.79 Å². The number of halogens is 1. The lowest BCUT2D eigenvalue weighted by atomic mass is 9.74. The van der Waals surface area contributed by atoms with Crippen LogP contribution in [-0.2, 0) is 17.0 Å². The van der Waals surface area contributed by atoms with Gasteiger partial charge in [-0.3, -0.25) is 4.79 Å². The van der Waals surface area contributed by atoms with Crippen molar-refractivity contribution < 1.29 is 18.7 Å². The molecule has 3 rings (SSSR count). The van der Waals surface area contributed by atoms with Gasteiger partial charge in [0, 0.05) is 24.6 Å². The summed E-state index contributed by atoms with van der Waals surface area (Å²) in [5, 5.41) is 0. The predicted molar refractivity (Wildman–Crippen MR) is 87.8 cm³/mol. The van der Waals surface area contributed by atoms with Crippen LogP contribution in [0.5, 0.6) is 5.88 Å². The Hall–Kier alpha value is -2.27. The van der Waals surface area contributed by atoms with Crippen LogP contribution in [0.1, 0.15) is 41.3 Å². The molecule has 24 heavy (non-hydrogen) atoms. The summed E-state index contributed by atoms with van der Waals surface area (Å²) in [4.78, 5) is 15.6. The number of alkyl halides is 1. The van der Waals surface area contributed by atoms with E-state index in [-0.39, 0.29) is 30.6 Å². The first-order valence-corrected chi connectivity index (χ1v) is 7.92. The number of methoxy groups -OCH3 is 1. The highest BCUT2D eigenvalue weighted by Gasteiger charge is 2.49. The molecule has 2 aromatic rings. The topological polar surface area (TPSA) is 48.4 Å². The Morgan fingerprint density at radius 3 is 2.67 bits per heavy atom. The van der Waals surface area contributed by atoms with Crippen molar-refractivity contribution in [1.29, 1.82) is 0 Å². The lowest BCUT2D eigenvalue weighted by Crippen LogP contribution is -2.43. The number of ether oxygens (including phenoxy) is 2. The van der Waals surface area contributed by atoms with Crippen molar-refractivity contribution in [3.8, 4) is 5.88 Å². The van der Waals surface area contributed by atoms with Crippen LogP contribution >= 0.6 is 0 Å². The van der Waals surface area contributed by atoms with E-state index in [1.54, 1.807) is 6.07 Å². The van der Waals surface area contributed by atoms with Gasteiger partial charge in [-0.2, -0.15) is 0 Å². The average molecular weight is 329 g/mol. The first-order valence-electron chi connectivity index (χ1n) is 7.92. The normalized spacial score (nSPS) is 22.7. The van der Waals surface area contributed by atoms with E-state index >= 15 is 4.39 Å². The molecule has 1 aliphatic rings. The third kappa shape index (κ3) is 3.31. The van der Waals surface area contributed by atoms with Crippen molar-refractivity contribution in [1.82, 2.24) is 4.98 Å². The molecule has 0 spiro atoms. The zero-order valence-electron chi connectivity index (χ0n) is 13.8. The Bertz CT molecular complexity index is 727. The summed E-state index contributed by atoms with van der Waals surface area (Å²) in [6, 6.07) is 11.3. The molecule has 0 aliphatic heterocycles. The zero-order valence-corrected chi connectivity index (χ0v) is 13.8. The fourth-order valence-electron chi connectivity index (χ4n) is 2.92. The molecule has 126 valence electrons. The fraction of sp³-hybridized carbons (Fsp3) is 0.368. The Labute approximate surface area is 140 Å². The number of aromatic nitrogens is 1. The van der Waals surface area contributed by atoms with Crippen LogP contribution in [0, 0.1) is 0 Å². The molecule has 0 amide bonds. The lowest BCUT2D eigenvalue weighted by Gasteiger charge is -2.41. The fourth-order valence-corrected chi connectivity index (χ4v) is 2.92. The molecule has 0 N–H and O–H groups in total. The summed E-state index contributed by atoms with van der Waals surface area (Å²) in [5.41, 5.74) is 0.214. The standard InChI is InChI=1S/C19H20FNO3/c1-13(22)15-8-17(18(23-2)21-11-15)19(20)9-16(10-19)24-12-14-6-4-3-5-7-14/h3-8,11,16H,9-10,12H2,1-2H3. The van der Waals surface area contributed by atoms with Crippen LogP contribution in [0.3, 0.4) is 0 Å². The van der Waals surface area contributed by atoms with E-state index in [0.717, 1.165) is 5.56 Å². The number of benzene rings is 1. The smallest absolute Gasteiger partial charge is 0.219 e. The number of carbonyl (C=O) groups excluding carboxylic acids is 1. The summed E-state index contributed by atoms with van der Waals surface area (Å²) in [6.07, 6.45) is 1.73. The summed E-state index contributed by atoms with van der Waals surface area (Å²) < 4.78 is 26.1. The lowest BCUT2D eigenvalue weighted by molar-refractivity contribution is -0.107. The molecule has 0 saturated heterocycles. The van der Waals surface area contributed by atoms with Crippen LogP contribution in [0.2, 0.25) is 0 Å². The average Bonchev–Trinajstić information content (AvgIpc) is 2.58. The maximum Gasteiger partial charge on any atom is 0.219 e. The molecule has 0 unspecified atom stereocenters. The summed E-state index contributed by atoms with van der Waals surface area (Å²) in [5.74, 6) is 0.0789. The number of ketones is 1. The van der Waals surface area contributed by atoms with E-state index < -0.39 is 5.67 Å². The van der Waals surface area contributed by atoms with Crippen LogP contribution in [0.25, 0.3) is 0 Å². The molecular weight excluding hydrogens is 309 g/mol. The van der Waals surface area contributed by atoms with Crippen molar-refractivity contribution >= 4 is 5.78 Å². The van der Waals surface area contributed by atoms with E-state index in [1.165, 1.54) is 20.2 Å². The molecule has 0 radical (unpaired) electrons. The van der Waals surface area contributed by atoms with Gasteiger partial charge in [0.25, 0.3) is 0 Å². The van der Waals surface area contributed by atoms with Crippen LogP contribution in [0.15, 0.2) is 42.6 Å². The molecule has 0 atom stereocenters. The number of Topliss-reactive ketones (excluding diaryl/α,β-unsaturated/α-hetero) is 1. The molecule has 4 nitrogen and oxygen atoms in total. The molecule has 1 aromatic heterocycles. The third-order valence-electron chi connectivity index (χ3n) is 4.36. The van der Waals surface area contributed by atoms with Crippen molar-refractivity contribution in [3.63, 3.8) is 0 Å². The Kier molecular flexibility index (Phi) is 4.62. The van der Waals surface area contributed by atoms with Gasteiger partial charge in [0.1, 0.15) is 5.67 Å². The van der Waals surface area contributed by atoms with Gasteiger partial charge < -0.3 is 9.47 Å². The third-order valence-corrected chi connectivity index (χ3v) is 4.36. The molecule has 0 bridgehead atoms. The Morgan fingerprint density at radius 2 is 2.04 bits per heavy atom. The minimum Gasteiger partial charge on any atom is -0.481 e. The van der Waals surface area contributed by atoms with E-state index in [2.05, 4.69) is 4.98 Å². The van der Waals surface area contributed by atoms with Gasteiger partial charge in [-0.1, -0.05) is 30.3 Å². The predicted octanol–water partition coefficient (Wildman–Crippen LogP) is 3.84. The minimum absolute atomic E-state index is 0.147. The number of nitrogens with zero attached hydrogens (tertiary/aromatic N) is 1. The van der Waals surface area contributed by atoms with Crippen molar-refractivity contribution in [2.24, 2.45) is 0 Å². The molecule has 1 saturated carbocycles. The number of hydrogen-bond donors (Lipinski definition) is 0. The van der Waals surface area contributed by atoms with Crippen LogP contribution in [0.4, 0.5) is 4.39 Å². The van der Waals surface area contributed by atoms with Gasteiger partial charge in [-0.25, -0.2) is 9.37 Å². The van der Waals surface area contributed by atoms with E-state index in [0.29, 0.717) is 17.7 Å². The number of hydrogen-bond acceptors (Lipinski definition) is 4.